The van der Waals surface area contributed by atoms with Crippen LogP contribution in [-0.4, -0.2) is 42.2 Å². The van der Waals surface area contributed by atoms with Crippen molar-refractivity contribution >= 4 is 23.3 Å². The third kappa shape index (κ3) is 6.17. The summed E-state index contributed by atoms with van der Waals surface area (Å²) in [4.78, 5) is 11.5. The van der Waals surface area contributed by atoms with Gasteiger partial charge in [-0.15, -0.1) is 0 Å². The number of carbonyl (C=O) groups excluding carboxylic acids is 1. The molecule has 1 aliphatic heterocycles. The predicted octanol–water partition coefficient (Wildman–Crippen LogP) is 0.683. The van der Waals surface area contributed by atoms with Gasteiger partial charge in [-0.05, 0) is 33.0 Å². The summed E-state index contributed by atoms with van der Waals surface area (Å²) < 4.78 is 16.4. The van der Waals surface area contributed by atoms with Gasteiger partial charge in [-0.25, -0.2) is 0 Å². The van der Waals surface area contributed by atoms with Gasteiger partial charge in [0.15, 0.2) is 10.9 Å². The van der Waals surface area contributed by atoms with E-state index in [9.17, 15) is 4.79 Å². The molecule has 0 unspecified atom stereocenters. The second kappa shape index (κ2) is 7.02. The minimum Gasteiger partial charge on any atom is -0.466 e. The van der Waals surface area contributed by atoms with Crippen molar-refractivity contribution in [3.63, 3.8) is 0 Å². The Morgan fingerprint density at radius 1 is 1.47 bits per heavy atom. The smallest absolute Gasteiger partial charge is 0.308 e. The summed E-state index contributed by atoms with van der Waals surface area (Å²) in [5.41, 5.74) is 5.39. The Balaban J connectivity index is 2.52. The van der Waals surface area contributed by atoms with Crippen LogP contribution >= 0.6 is 12.2 Å². The van der Waals surface area contributed by atoms with Crippen molar-refractivity contribution in [2.24, 2.45) is 5.73 Å². The van der Waals surface area contributed by atoms with E-state index in [0.717, 1.165) is 0 Å². The zero-order valence-electron chi connectivity index (χ0n) is 11.6. The second-order valence-electron chi connectivity index (χ2n) is 4.87. The van der Waals surface area contributed by atoms with Crippen LogP contribution in [0.15, 0.2) is 0 Å². The van der Waals surface area contributed by atoms with Crippen molar-refractivity contribution in [3.8, 4) is 0 Å². The maximum absolute atomic E-state index is 11.5. The molecule has 0 bridgehead atoms. The van der Waals surface area contributed by atoms with Gasteiger partial charge in [0.25, 0.3) is 0 Å². The topological polar surface area (TPSA) is 82.8 Å². The summed E-state index contributed by atoms with van der Waals surface area (Å²) in [5.74, 6) is -0.996. The highest BCUT2D eigenvalue weighted by molar-refractivity contribution is 7.80. The zero-order valence-corrected chi connectivity index (χ0v) is 12.4. The Hall–Kier alpha value is -0.920. The van der Waals surface area contributed by atoms with Crippen molar-refractivity contribution in [2.75, 3.05) is 13.2 Å². The summed E-state index contributed by atoms with van der Waals surface area (Å²) >= 11 is 4.76. The molecule has 19 heavy (non-hydrogen) atoms. The highest BCUT2D eigenvalue weighted by atomic mass is 32.1. The predicted molar refractivity (Wildman–Crippen MR) is 74.5 cm³/mol. The molecule has 3 N–H and O–H groups in total. The zero-order chi connectivity index (χ0) is 14.5. The fourth-order valence-corrected chi connectivity index (χ4v) is 2.17. The molecule has 1 heterocycles. The van der Waals surface area contributed by atoms with Crippen LogP contribution in [0.4, 0.5) is 0 Å². The van der Waals surface area contributed by atoms with Gasteiger partial charge >= 0.3 is 5.97 Å². The van der Waals surface area contributed by atoms with Gasteiger partial charge < -0.3 is 25.3 Å². The Morgan fingerprint density at radius 2 is 2.11 bits per heavy atom. The van der Waals surface area contributed by atoms with Gasteiger partial charge in [0.05, 0.1) is 25.2 Å². The Bertz CT molecular complexity index is 336. The minimum atomic E-state index is -0.738. The molecule has 0 amide bonds. The maximum Gasteiger partial charge on any atom is 0.308 e. The van der Waals surface area contributed by atoms with E-state index in [-0.39, 0.29) is 29.7 Å². The van der Waals surface area contributed by atoms with Gasteiger partial charge in [-0.2, -0.15) is 0 Å². The molecule has 0 saturated carbocycles. The average molecular weight is 290 g/mol. The highest BCUT2D eigenvalue weighted by Crippen LogP contribution is 2.28. The lowest BCUT2D eigenvalue weighted by molar-refractivity contribution is -0.298. The fourth-order valence-electron chi connectivity index (χ4n) is 2.09. The van der Waals surface area contributed by atoms with Gasteiger partial charge in [0.1, 0.15) is 0 Å². The summed E-state index contributed by atoms with van der Waals surface area (Å²) in [6.45, 7) is 6.29. The molecule has 110 valence electrons. The molecule has 0 radical (unpaired) electrons. The molecule has 1 aliphatic rings. The highest BCUT2D eigenvalue weighted by Gasteiger charge is 2.36. The lowest BCUT2D eigenvalue weighted by atomic mass is 10.1. The molecule has 0 aromatic carbocycles. The number of carbonyl (C=O) groups is 1. The SMILES string of the molecule is CCOC(=O)C[C@H]1C[C@@H](CNC(N)=S)OC(C)(C)O1. The van der Waals surface area contributed by atoms with Gasteiger partial charge in [0, 0.05) is 13.0 Å². The van der Waals surface area contributed by atoms with Crippen molar-refractivity contribution in [1.82, 2.24) is 5.32 Å². The molecule has 1 saturated heterocycles. The van der Waals surface area contributed by atoms with Crippen LogP contribution in [0.5, 0.6) is 0 Å². The van der Waals surface area contributed by atoms with Crippen LogP contribution in [0.3, 0.4) is 0 Å². The number of nitrogens with one attached hydrogen (secondary N) is 1. The quantitative estimate of drug-likeness (QED) is 0.569. The molecule has 0 aromatic heterocycles. The van der Waals surface area contributed by atoms with E-state index in [2.05, 4.69) is 5.32 Å². The van der Waals surface area contributed by atoms with Crippen LogP contribution in [0.2, 0.25) is 0 Å². The molecule has 1 rings (SSSR count). The Kier molecular flexibility index (Phi) is 5.96. The standard InChI is InChI=1S/C12H22N2O4S/c1-4-16-10(15)6-8-5-9(7-14-11(13)19)18-12(2,3)17-8/h8-9H,4-7H2,1-3H3,(H3,13,14,19)/t8-,9+/m1/s1. The van der Waals surface area contributed by atoms with E-state index in [1.807, 2.05) is 13.8 Å². The molecule has 1 fully saturated rings. The number of hydrogen-bond acceptors (Lipinski definition) is 5. The lowest BCUT2D eigenvalue weighted by Crippen LogP contribution is -2.49. The van der Waals surface area contributed by atoms with E-state index < -0.39 is 5.79 Å². The number of thiocarbonyl (C=S) groups is 1. The molecular weight excluding hydrogens is 268 g/mol. The first-order valence-electron chi connectivity index (χ1n) is 6.37. The van der Waals surface area contributed by atoms with E-state index in [1.165, 1.54) is 0 Å². The van der Waals surface area contributed by atoms with E-state index in [1.54, 1.807) is 6.92 Å². The summed E-state index contributed by atoms with van der Waals surface area (Å²) in [6.07, 6.45) is 0.493. The fraction of sp³-hybridized carbons (Fsp3) is 0.833. The molecule has 0 spiro atoms. The number of esters is 1. The normalized spacial score (nSPS) is 25.6. The Labute approximate surface area is 118 Å². The van der Waals surface area contributed by atoms with Crippen LogP contribution in [-0.2, 0) is 19.0 Å². The first-order valence-corrected chi connectivity index (χ1v) is 6.77. The van der Waals surface area contributed by atoms with E-state index >= 15 is 0 Å². The molecule has 0 aromatic rings. The first-order chi connectivity index (χ1) is 8.82. The summed E-state index contributed by atoms with van der Waals surface area (Å²) in [7, 11) is 0. The average Bonchev–Trinajstić information content (AvgIpc) is 2.24. The van der Waals surface area contributed by atoms with Gasteiger partial charge in [0.2, 0.25) is 0 Å². The molecular formula is C12H22N2O4S. The minimum absolute atomic E-state index is 0.107. The van der Waals surface area contributed by atoms with E-state index in [4.69, 9.17) is 32.2 Å². The van der Waals surface area contributed by atoms with Gasteiger partial charge in [-0.1, -0.05) is 0 Å². The lowest BCUT2D eigenvalue weighted by Gasteiger charge is -2.40. The van der Waals surface area contributed by atoms with E-state index in [0.29, 0.717) is 19.6 Å². The van der Waals surface area contributed by atoms with Crippen LogP contribution in [0.25, 0.3) is 0 Å². The largest absolute Gasteiger partial charge is 0.466 e. The van der Waals surface area contributed by atoms with Crippen molar-refractivity contribution < 1.29 is 19.0 Å². The van der Waals surface area contributed by atoms with Crippen LogP contribution in [0, 0.1) is 0 Å². The molecule has 6 nitrogen and oxygen atoms in total. The second-order valence-corrected chi connectivity index (χ2v) is 5.31. The summed E-state index contributed by atoms with van der Waals surface area (Å²) in [5, 5.41) is 3.10. The number of ether oxygens (including phenoxy) is 3. The summed E-state index contributed by atoms with van der Waals surface area (Å²) in [6, 6.07) is 0. The van der Waals surface area contributed by atoms with Gasteiger partial charge in [-0.3, -0.25) is 4.79 Å². The van der Waals surface area contributed by atoms with Crippen LogP contribution < -0.4 is 11.1 Å². The number of hydrogen-bond donors (Lipinski definition) is 2. The molecule has 0 aliphatic carbocycles. The van der Waals surface area contributed by atoms with Crippen molar-refractivity contribution in [3.05, 3.63) is 0 Å². The monoisotopic (exact) mass is 290 g/mol. The molecule has 2 atom stereocenters. The number of rotatable bonds is 5. The number of nitrogens with two attached hydrogens (primary N) is 1. The maximum atomic E-state index is 11.5. The first kappa shape index (κ1) is 16.1. The van der Waals surface area contributed by atoms with Crippen LogP contribution in [0.1, 0.15) is 33.6 Å². The third-order valence-corrected chi connectivity index (χ3v) is 2.77. The third-order valence-electron chi connectivity index (χ3n) is 2.63. The Morgan fingerprint density at radius 3 is 2.68 bits per heavy atom. The van der Waals surface area contributed by atoms with Crippen molar-refractivity contribution in [2.45, 2.75) is 51.6 Å². The van der Waals surface area contributed by atoms with Crippen molar-refractivity contribution in [1.29, 1.82) is 0 Å². The molecule has 7 heteroatoms.